The Hall–Kier alpha value is -1.91. The predicted molar refractivity (Wildman–Crippen MR) is 74.9 cm³/mol. The maximum atomic E-state index is 11.6. The fourth-order valence-electron chi connectivity index (χ4n) is 1.41. The zero-order valence-electron chi connectivity index (χ0n) is 11.1. The number of rotatable bonds is 7. The van der Waals surface area contributed by atoms with Crippen molar-refractivity contribution in [3.05, 3.63) is 29.8 Å². The van der Waals surface area contributed by atoms with Crippen LogP contribution >= 0.6 is 0 Å². The van der Waals surface area contributed by atoms with E-state index in [9.17, 15) is 13.2 Å². The Bertz CT molecular complexity index is 588. The maximum Gasteiger partial charge on any atom is 0.225 e. The number of methoxy groups -OCH3 is 1. The lowest BCUT2D eigenvalue weighted by atomic mass is 10.2. The molecule has 0 aliphatic heterocycles. The number of nitriles is 1. The van der Waals surface area contributed by atoms with Gasteiger partial charge in [0, 0.05) is 19.2 Å². The molecule has 1 amide bonds. The Morgan fingerprint density at radius 1 is 1.30 bits per heavy atom. The number of nitrogens with one attached hydrogen (secondary N) is 1. The molecule has 0 heterocycles. The summed E-state index contributed by atoms with van der Waals surface area (Å²) >= 11 is 0. The molecule has 0 aliphatic rings. The highest BCUT2D eigenvalue weighted by Crippen LogP contribution is 2.09. The Morgan fingerprint density at radius 2 is 1.95 bits per heavy atom. The van der Waals surface area contributed by atoms with Crippen LogP contribution in [-0.4, -0.2) is 39.5 Å². The summed E-state index contributed by atoms with van der Waals surface area (Å²) in [6.45, 7) is 0.125. The summed E-state index contributed by atoms with van der Waals surface area (Å²) < 4.78 is 27.8. The van der Waals surface area contributed by atoms with Gasteiger partial charge in [0.25, 0.3) is 0 Å². The molecule has 0 fully saturated rings. The van der Waals surface area contributed by atoms with Gasteiger partial charge in [-0.15, -0.1) is 0 Å². The van der Waals surface area contributed by atoms with Crippen molar-refractivity contribution in [1.29, 1.82) is 5.26 Å². The molecule has 6 nitrogen and oxygen atoms in total. The lowest BCUT2D eigenvalue weighted by molar-refractivity contribution is -0.115. The summed E-state index contributed by atoms with van der Waals surface area (Å²) in [4.78, 5) is 11.6. The Balaban J connectivity index is 2.45. The third-order valence-electron chi connectivity index (χ3n) is 2.54. The van der Waals surface area contributed by atoms with Gasteiger partial charge in [-0.3, -0.25) is 4.79 Å². The molecule has 0 unspecified atom stereocenters. The van der Waals surface area contributed by atoms with Crippen LogP contribution in [0.15, 0.2) is 24.3 Å². The molecule has 1 rings (SSSR count). The van der Waals surface area contributed by atoms with Gasteiger partial charge in [-0.2, -0.15) is 5.26 Å². The van der Waals surface area contributed by atoms with Crippen LogP contribution in [0.3, 0.4) is 0 Å². The van der Waals surface area contributed by atoms with Crippen LogP contribution in [-0.2, 0) is 19.4 Å². The number of hydrogen-bond acceptors (Lipinski definition) is 5. The lowest BCUT2D eigenvalue weighted by Crippen LogP contribution is -2.20. The van der Waals surface area contributed by atoms with E-state index in [4.69, 9.17) is 10.00 Å². The van der Waals surface area contributed by atoms with Gasteiger partial charge < -0.3 is 10.1 Å². The SMILES string of the molecule is COCCS(=O)(=O)CCC(=O)Nc1ccc(C#N)cc1. The van der Waals surface area contributed by atoms with E-state index in [0.717, 1.165) is 0 Å². The minimum absolute atomic E-state index is 0.0896. The number of carbonyl (C=O) groups excluding carboxylic acids is 1. The maximum absolute atomic E-state index is 11.6. The van der Waals surface area contributed by atoms with Crippen molar-refractivity contribution in [3.63, 3.8) is 0 Å². The standard InChI is InChI=1S/C13H16N2O4S/c1-19-7-9-20(17,18)8-6-13(16)15-12-4-2-11(10-14)3-5-12/h2-5H,6-9H2,1H3,(H,15,16). The third-order valence-corrected chi connectivity index (χ3v) is 4.15. The van der Waals surface area contributed by atoms with Gasteiger partial charge in [0.2, 0.25) is 5.91 Å². The summed E-state index contributed by atoms with van der Waals surface area (Å²) in [7, 11) is -1.85. The summed E-state index contributed by atoms with van der Waals surface area (Å²) in [5.74, 6) is -0.678. The van der Waals surface area contributed by atoms with Gasteiger partial charge in [0.05, 0.1) is 29.7 Å². The number of carbonyl (C=O) groups is 1. The molecule has 0 radical (unpaired) electrons. The molecule has 0 aliphatic carbocycles. The smallest absolute Gasteiger partial charge is 0.225 e. The van der Waals surface area contributed by atoms with E-state index in [1.165, 1.54) is 7.11 Å². The van der Waals surface area contributed by atoms with E-state index in [2.05, 4.69) is 5.32 Å². The highest BCUT2D eigenvalue weighted by molar-refractivity contribution is 7.91. The van der Waals surface area contributed by atoms with E-state index in [1.54, 1.807) is 24.3 Å². The molecule has 0 bridgehead atoms. The van der Waals surface area contributed by atoms with Gasteiger partial charge in [-0.25, -0.2) is 8.42 Å². The van der Waals surface area contributed by atoms with Crippen LogP contribution in [0.2, 0.25) is 0 Å². The number of sulfone groups is 1. The third kappa shape index (κ3) is 5.82. The molecule has 7 heteroatoms. The molecular weight excluding hydrogens is 280 g/mol. The fourth-order valence-corrected chi connectivity index (χ4v) is 2.53. The second kappa shape index (κ2) is 7.62. The number of anilines is 1. The molecule has 1 aromatic rings. The van der Waals surface area contributed by atoms with Crippen LogP contribution < -0.4 is 5.32 Å². The van der Waals surface area contributed by atoms with Crippen molar-refractivity contribution in [3.8, 4) is 6.07 Å². The van der Waals surface area contributed by atoms with Crippen molar-refractivity contribution in [1.82, 2.24) is 0 Å². The lowest BCUT2D eigenvalue weighted by Gasteiger charge is -2.06. The average Bonchev–Trinajstić information content (AvgIpc) is 2.44. The van der Waals surface area contributed by atoms with E-state index >= 15 is 0 Å². The first kappa shape index (κ1) is 16.1. The van der Waals surface area contributed by atoms with Gasteiger partial charge >= 0.3 is 0 Å². The molecule has 0 atom stereocenters. The normalized spacial score (nSPS) is 10.8. The average molecular weight is 296 g/mol. The molecule has 1 N–H and O–H groups in total. The summed E-state index contributed by atoms with van der Waals surface area (Å²) in [5, 5.41) is 11.2. The van der Waals surface area contributed by atoms with Crippen molar-refractivity contribution >= 4 is 21.4 Å². The van der Waals surface area contributed by atoms with E-state index in [0.29, 0.717) is 11.3 Å². The molecule has 0 spiro atoms. The summed E-state index contributed by atoms with van der Waals surface area (Å²) in [6.07, 6.45) is -0.105. The minimum Gasteiger partial charge on any atom is -0.384 e. The topological polar surface area (TPSA) is 96.3 Å². The largest absolute Gasteiger partial charge is 0.384 e. The second-order valence-corrected chi connectivity index (χ2v) is 6.44. The van der Waals surface area contributed by atoms with E-state index in [1.807, 2.05) is 6.07 Å². The van der Waals surface area contributed by atoms with Crippen molar-refractivity contribution in [2.75, 3.05) is 30.5 Å². The first-order valence-electron chi connectivity index (χ1n) is 5.96. The van der Waals surface area contributed by atoms with Crippen LogP contribution in [0.25, 0.3) is 0 Å². The Labute approximate surface area is 118 Å². The molecule has 1 aromatic carbocycles. The van der Waals surface area contributed by atoms with Gasteiger partial charge in [0.15, 0.2) is 9.84 Å². The number of nitrogens with zero attached hydrogens (tertiary/aromatic N) is 1. The van der Waals surface area contributed by atoms with Crippen molar-refractivity contribution in [2.24, 2.45) is 0 Å². The highest BCUT2D eigenvalue weighted by atomic mass is 32.2. The number of ether oxygens (including phenoxy) is 1. The molecule has 0 aromatic heterocycles. The van der Waals surface area contributed by atoms with Gasteiger partial charge in [-0.05, 0) is 24.3 Å². The van der Waals surface area contributed by atoms with Crippen LogP contribution in [0.1, 0.15) is 12.0 Å². The molecule has 20 heavy (non-hydrogen) atoms. The number of amides is 1. The van der Waals surface area contributed by atoms with E-state index < -0.39 is 9.84 Å². The molecule has 0 saturated heterocycles. The summed E-state index contributed by atoms with van der Waals surface area (Å²) in [6, 6.07) is 8.30. The first-order valence-corrected chi connectivity index (χ1v) is 7.78. The first-order chi connectivity index (χ1) is 9.46. The number of hydrogen-bond donors (Lipinski definition) is 1. The zero-order valence-corrected chi connectivity index (χ0v) is 11.9. The van der Waals surface area contributed by atoms with Gasteiger partial charge in [0.1, 0.15) is 0 Å². The van der Waals surface area contributed by atoms with Crippen molar-refractivity contribution < 1.29 is 17.9 Å². The van der Waals surface area contributed by atoms with E-state index in [-0.39, 0.29) is 30.4 Å². The molecule has 0 saturated carbocycles. The summed E-state index contributed by atoms with van der Waals surface area (Å²) in [5.41, 5.74) is 1.02. The molecule has 108 valence electrons. The second-order valence-electron chi connectivity index (χ2n) is 4.13. The monoisotopic (exact) mass is 296 g/mol. The molecular formula is C13H16N2O4S. The van der Waals surface area contributed by atoms with Crippen LogP contribution in [0.5, 0.6) is 0 Å². The van der Waals surface area contributed by atoms with Crippen LogP contribution in [0.4, 0.5) is 5.69 Å². The predicted octanol–water partition coefficient (Wildman–Crippen LogP) is 0.948. The quantitative estimate of drug-likeness (QED) is 0.808. The van der Waals surface area contributed by atoms with Crippen molar-refractivity contribution in [2.45, 2.75) is 6.42 Å². The minimum atomic E-state index is -3.27. The Kier molecular flexibility index (Phi) is 6.15. The highest BCUT2D eigenvalue weighted by Gasteiger charge is 2.13. The van der Waals surface area contributed by atoms with Gasteiger partial charge in [-0.1, -0.05) is 0 Å². The zero-order chi connectivity index (χ0) is 15.0. The Morgan fingerprint density at radius 3 is 2.50 bits per heavy atom. The van der Waals surface area contributed by atoms with Crippen LogP contribution in [0, 0.1) is 11.3 Å². The fraction of sp³-hybridized carbons (Fsp3) is 0.385. The number of benzene rings is 1.